The molecule has 0 aliphatic carbocycles. The van der Waals surface area contributed by atoms with Crippen LogP contribution in [0.2, 0.25) is 0 Å². The van der Waals surface area contributed by atoms with E-state index in [-0.39, 0.29) is 5.92 Å². The number of rotatable bonds is 7. The minimum Gasteiger partial charge on any atom is -0.325 e. The van der Waals surface area contributed by atoms with Gasteiger partial charge in [-0.1, -0.05) is 32.0 Å². The van der Waals surface area contributed by atoms with Crippen LogP contribution in [0.25, 0.3) is 0 Å². The monoisotopic (exact) mass is 396 g/mol. The van der Waals surface area contributed by atoms with Gasteiger partial charge in [0.15, 0.2) is 0 Å². The Morgan fingerprint density at radius 3 is 2.42 bits per heavy atom. The van der Waals surface area contributed by atoms with Gasteiger partial charge in [-0.05, 0) is 42.5 Å². The van der Waals surface area contributed by atoms with Crippen LogP contribution in [0.1, 0.15) is 13.8 Å². The number of sulfonamides is 1. The molecular formula is C18H21FN2O3S2. The minimum absolute atomic E-state index is 0.333. The summed E-state index contributed by atoms with van der Waals surface area (Å²) in [7, 11) is -4.18. The van der Waals surface area contributed by atoms with E-state index in [0.29, 0.717) is 5.69 Å². The van der Waals surface area contributed by atoms with Gasteiger partial charge in [-0.15, -0.1) is 11.8 Å². The third kappa shape index (κ3) is 5.06. The van der Waals surface area contributed by atoms with Crippen LogP contribution in [0.5, 0.6) is 0 Å². The van der Waals surface area contributed by atoms with Crippen LogP contribution in [0.4, 0.5) is 10.1 Å². The zero-order valence-corrected chi connectivity index (χ0v) is 16.3. The molecule has 0 bridgehead atoms. The van der Waals surface area contributed by atoms with E-state index in [1.807, 2.05) is 12.3 Å². The minimum atomic E-state index is -4.18. The molecule has 0 radical (unpaired) electrons. The molecule has 5 nitrogen and oxygen atoms in total. The van der Waals surface area contributed by atoms with Crippen molar-refractivity contribution in [1.29, 1.82) is 0 Å². The number of hydrogen-bond acceptors (Lipinski definition) is 4. The molecule has 0 aromatic heterocycles. The second-order valence-electron chi connectivity index (χ2n) is 5.99. The quantitative estimate of drug-likeness (QED) is 0.703. The molecule has 2 N–H and O–H groups in total. The zero-order valence-electron chi connectivity index (χ0n) is 14.7. The Kier molecular flexibility index (Phi) is 6.80. The van der Waals surface area contributed by atoms with Crippen molar-refractivity contribution in [2.75, 3.05) is 11.6 Å². The third-order valence-electron chi connectivity index (χ3n) is 3.69. The highest BCUT2D eigenvalue weighted by atomic mass is 32.2. The maximum absolute atomic E-state index is 13.8. The lowest BCUT2D eigenvalue weighted by Crippen LogP contribution is -2.47. The molecule has 8 heteroatoms. The van der Waals surface area contributed by atoms with Crippen LogP contribution in [-0.2, 0) is 14.8 Å². The molecule has 0 saturated heterocycles. The summed E-state index contributed by atoms with van der Waals surface area (Å²) in [5.41, 5.74) is 0.567. The molecule has 0 aliphatic heterocycles. The lowest BCUT2D eigenvalue weighted by atomic mass is 10.0. The first kappa shape index (κ1) is 20.4. The summed E-state index contributed by atoms with van der Waals surface area (Å²) in [5, 5.41) is 2.71. The van der Waals surface area contributed by atoms with Gasteiger partial charge in [-0.25, -0.2) is 12.8 Å². The Labute approximate surface area is 157 Å². The number of carbonyl (C=O) groups excluding carboxylic acids is 1. The SMILES string of the molecule is CSc1cccc(NC(=O)[C@@H](NS(=O)(=O)c2ccccc2F)C(C)C)c1. The van der Waals surface area contributed by atoms with Gasteiger partial charge in [0.05, 0.1) is 0 Å². The van der Waals surface area contributed by atoms with E-state index in [2.05, 4.69) is 10.0 Å². The summed E-state index contributed by atoms with van der Waals surface area (Å²) in [6.45, 7) is 3.43. The molecule has 140 valence electrons. The van der Waals surface area contributed by atoms with Crippen LogP contribution in [0, 0.1) is 11.7 Å². The molecule has 0 unspecified atom stereocenters. The van der Waals surface area contributed by atoms with Gasteiger partial charge in [-0.2, -0.15) is 4.72 Å². The molecule has 0 aliphatic rings. The summed E-state index contributed by atoms with van der Waals surface area (Å²) in [4.78, 5) is 13.1. The van der Waals surface area contributed by atoms with E-state index in [0.717, 1.165) is 17.0 Å². The fourth-order valence-electron chi connectivity index (χ4n) is 2.31. The summed E-state index contributed by atoms with van der Waals surface area (Å²) < 4.78 is 41.1. The summed E-state index contributed by atoms with van der Waals surface area (Å²) in [6, 6.07) is 11.2. The molecule has 0 fully saturated rings. The Balaban J connectivity index is 2.22. The number of thioether (sulfide) groups is 1. The first-order valence-electron chi connectivity index (χ1n) is 7.96. The van der Waals surface area contributed by atoms with Crippen molar-refractivity contribution in [2.45, 2.75) is 29.7 Å². The number of amides is 1. The predicted octanol–water partition coefficient (Wildman–Crippen LogP) is 3.49. The topological polar surface area (TPSA) is 75.3 Å². The smallest absolute Gasteiger partial charge is 0.244 e. The number of benzene rings is 2. The maximum atomic E-state index is 13.8. The van der Waals surface area contributed by atoms with Crippen LogP contribution in [0.3, 0.4) is 0 Å². The van der Waals surface area contributed by atoms with Crippen molar-refractivity contribution in [3.05, 3.63) is 54.3 Å². The van der Waals surface area contributed by atoms with Gasteiger partial charge >= 0.3 is 0 Å². The van der Waals surface area contributed by atoms with Gasteiger partial charge in [0.2, 0.25) is 15.9 Å². The maximum Gasteiger partial charge on any atom is 0.244 e. The number of anilines is 1. The van der Waals surface area contributed by atoms with E-state index < -0.39 is 32.7 Å². The lowest BCUT2D eigenvalue weighted by Gasteiger charge is -2.22. The highest BCUT2D eigenvalue weighted by molar-refractivity contribution is 7.98. The van der Waals surface area contributed by atoms with E-state index in [9.17, 15) is 17.6 Å². The van der Waals surface area contributed by atoms with Gasteiger partial charge in [0.25, 0.3) is 0 Å². The Morgan fingerprint density at radius 1 is 1.12 bits per heavy atom. The molecule has 2 aromatic carbocycles. The van der Waals surface area contributed by atoms with Crippen molar-refractivity contribution >= 4 is 33.4 Å². The average Bonchev–Trinajstić information content (AvgIpc) is 2.59. The fraction of sp³-hybridized carbons (Fsp3) is 0.278. The van der Waals surface area contributed by atoms with Crippen LogP contribution < -0.4 is 10.0 Å². The summed E-state index contributed by atoms with van der Waals surface area (Å²) in [5.74, 6) is -1.70. The normalized spacial score (nSPS) is 12.8. The summed E-state index contributed by atoms with van der Waals surface area (Å²) >= 11 is 1.53. The van der Waals surface area contributed by atoms with E-state index in [4.69, 9.17) is 0 Å². The van der Waals surface area contributed by atoms with Crippen LogP contribution in [-0.4, -0.2) is 26.6 Å². The fourth-order valence-corrected chi connectivity index (χ4v) is 4.19. The molecule has 0 saturated carbocycles. The van der Waals surface area contributed by atoms with Crippen LogP contribution in [0.15, 0.2) is 58.3 Å². The second-order valence-corrected chi connectivity index (χ2v) is 8.56. The van der Waals surface area contributed by atoms with E-state index in [1.54, 1.807) is 32.0 Å². The molecular weight excluding hydrogens is 375 g/mol. The van der Waals surface area contributed by atoms with Crippen molar-refractivity contribution in [3.63, 3.8) is 0 Å². The highest BCUT2D eigenvalue weighted by Gasteiger charge is 2.29. The van der Waals surface area contributed by atoms with Gasteiger partial charge in [0, 0.05) is 10.6 Å². The Hall–Kier alpha value is -1.90. The highest BCUT2D eigenvalue weighted by Crippen LogP contribution is 2.20. The lowest BCUT2D eigenvalue weighted by molar-refractivity contribution is -0.118. The van der Waals surface area contributed by atoms with Crippen molar-refractivity contribution in [2.24, 2.45) is 5.92 Å². The summed E-state index contributed by atoms with van der Waals surface area (Å²) in [6.07, 6.45) is 1.92. The molecule has 2 rings (SSSR count). The van der Waals surface area contributed by atoms with Crippen LogP contribution >= 0.6 is 11.8 Å². The number of hydrogen-bond donors (Lipinski definition) is 2. The number of carbonyl (C=O) groups is 1. The largest absolute Gasteiger partial charge is 0.325 e. The second kappa shape index (κ2) is 8.66. The zero-order chi connectivity index (χ0) is 19.3. The number of nitrogens with one attached hydrogen (secondary N) is 2. The predicted molar refractivity (Wildman–Crippen MR) is 102 cm³/mol. The Bertz CT molecular complexity index is 886. The average molecular weight is 397 g/mol. The van der Waals surface area contributed by atoms with Crippen molar-refractivity contribution in [3.8, 4) is 0 Å². The molecule has 0 spiro atoms. The van der Waals surface area contributed by atoms with E-state index >= 15 is 0 Å². The molecule has 2 aromatic rings. The third-order valence-corrected chi connectivity index (χ3v) is 5.89. The first-order chi connectivity index (χ1) is 12.2. The molecule has 0 heterocycles. The number of halogens is 1. The van der Waals surface area contributed by atoms with E-state index in [1.165, 1.54) is 23.9 Å². The standard InChI is InChI=1S/C18H21FN2O3S2/c1-12(2)17(18(22)20-13-7-6-8-14(11-13)25-3)21-26(23,24)16-10-5-4-9-15(16)19/h4-12,17,21H,1-3H3,(H,20,22)/t17-/m0/s1. The van der Waals surface area contributed by atoms with Gasteiger partial charge in [0.1, 0.15) is 16.8 Å². The molecule has 1 atom stereocenters. The van der Waals surface area contributed by atoms with Gasteiger partial charge in [-0.3, -0.25) is 4.79 Å². The Morgan fingerprint density at radius 2 is 1.81 bits per heavy atom. The van der Waals surface area contributed by atoms with Crippen molar-refractivity contribution in [1.82, 2.24) is 4.72 Å². The molecule has 1 amide bonds. The first-order valence-corrected chi connectivity index (χ1v) is 10.7. The van der Waals surface area contributed by atoms with Crippen molar-refractivity contribution < 1.29 is 17.6 Å². The molecule has 26 heavy (non-hydrogen) atoms. The van der Waals surface area contributed by atoms with Gasteiger partial charge < -0.3 is 5.32 Å².